The number of amides is 2. The molecule has 10 heteroatoms. The van der Waals surface area contributed by atoms with Gasteiger partial charge >= 0.3 is 0 Å². The Bertz CT molecular complexity index is 1750. The number of carbonyl (C=O) groups excluding carboxylic acids is 2. The average molecular weight is 658 g/mol. The normalized spacial score (nSPS) is 12.4. The molecule has 0 aliphatic heterocycles. The van der Waals surface area contributed by atoms with Gasteiger partial charge in [0.15, 0.2) is 0 Å². The third-order valence-electron chi connectivity index (χ3n) is 8.15. The highest BCUT2D eigenvalue weighted by atomic mass is 32.2. The van der Waals surface area contributed by atoms with E-state index in [9.17, 15) is 18.0 Å². The van der Waals surface area contributed by atoms with Gasteiger partial charge < -0.3 is 19.7 Å². The van der Waals surface area contributed by atoms with Crippen LogP contribution in [0, 0.1) is 6.92 Å². The smallest absolute Gasteiger partial charge is 0.264 e. The average Bonchev–Trinajstić information content (AvgIpc) is 3.09. The molecular formula is C37H43N3O6S. The molecule has 0 aromatic heterocycles. The van der Waals surface area contributed by atoms with Crippen LogP contribution in [-0.4, -0.2) is 58.0 Å². The lowest BCUT2D eigenvalue weighted by Crippen LogP contribution is -2.54. The Morgan fingerprint density at radius 3 is 2.11 bits per heavy atom. The van der Waals surface area contributed by atoms with E-state index in [4.69, 9.17) is 9.47 Å². The van der Waals surface area contributed by atoms with Crippen LogP contribution in [-0.2, 0) is 32.6 Å². The number of nitrogens with one attached hydrogen (secondary N) is 1. The molecule has 0 bridgehead atoms. The lowest BCUT2D eigenvalue weighted by Gasteiger charge is -2.35. The maximum Gasteiger partial charge on any atom is 0.264 e. The summed E-state index contributed by atoms with van der Waals surface area (Å²) in [6, 6.07) is 28.7. The molecule has 0 spiro atoms. The molecule has 0 aliphatic carbocycles. The highest BCUT2D eigenvalue weighted by molar-refractivity contribution is 7.92. The zero-order valence-electron chi connectivity index (χ0n) is 27.6. The second-order valence-electron chi connectivity index (χ2n) is 11.3. The number of nitrogens with zero attached hydrogens (tertiary/aromatic N) is 2. The van der Waals surface area contributed by atoms with Crippen molar-refractivity contribution in [3.63, 3.8) is 0 Å². The van der Waals surface area contributed by atoms with E-state index in [1.54, 1.807) is 36.4 Å². The first-order valence-corrected chi connectivity index (χ1v) is 17.0. The van der Waals surface area contributed by atoms with Crippen molar-refractivity contribution in [2.45, 2.75) is 57.1 Å². The second-order valence-corrected chi connectivity index (χ2v) is 13.2. The Kier molecular flexibility index (Phi) is 12.0. The molecule has 0 aliphatic rings. The standard InChI is InChI=1S/C37H43N3O6S/c1-6-28(3)38-37(42)34(24-29-15-8-7-9-16-29)39(25-30-17-11-10-14-27(30)2)36(41)26-40(33-18-12-13-19-35(33)46-5)47(43,44)32-22-20-31(45-4)21-23-32/h7-23,28,34H,6,24-26H2,1-5H3,(H,38,42)/t28-,34-/m0/s1. The minimum absolute atomic E-state index is 0.0298. The fourth-order valence-corrected chi connectivity index (χ4v) is 6.61. The van der Waals surface area contributed by atoms with Crippen LogP contribution in [0.4, 0.5) is 5.69 Å². The summed E-state index contributed by atoms with van der Waals surface area (Å²) in [5.41, 5.74) is 2.85. The van der Waals surface area contributed by atoms with Crippen LogP contribution >= 0.6 is 0 Å². The van der Waals surface area contributed by atoms with Crippen LogP contribution in [0.25, 0.3) is 0 Å². The van der Waals surface area contributed by atoms with Gasteiger partial charge in [0, 0.05) is 19.0 Å². The van der Waals surface area contributed by atoms with Crippen molar-refractivity contribution in [1.29, 1.82) is 0 Å². The zero-order valence-corrected chi connectivity index (χ0v) is 28.4. The Balaban J connectivity index is 1.84. The quantitative estimate of drug-likeness (QED) is 0.174. The van der Waals surface area contributed by atoms with Crippen molar-refractivity contribution < 1.29 is 27.5 Å². The number of hydrogen-bond acceptors (Lipinski definition) is 6. The third kappa shape index (κ3) is 8.71. The third-order valence-corrected chi connectivity index (χ3v) is 9.93. The Labute approximate surface area is 278 Å². The van der Waals surface area contributed by atoms with Crippen molar-refractivity contribution in [3.8, 4) is 11.5 Å². The number of hydrogen-bond donors (Lipinski definition) is 1. The van der Waals surface area contributed by atoms with E-state index in [-0.39, 0.29) is 41.2 Å². The maximum atomic E-state index is 14.7. The highest BCUT2D eigenvalue weighted by Gasteiger charge is 2.36. The van der Waals surface area contributed by atoms with Crippen LogP contribution in [0.5, 0.6) is 11.5 Å². The molecule has 1 N–H and O–H groups in total. The topological polar surface area (TPSA) is 105 Å². The molecule has 0 heterocycles. The largest absolute Gasteiger partial charge is 0.497 e. The summed E-state index contributed by atoms with van der Waals surface area (Å²) in [6.07, 6.45) is 0.942. The molecule has 248 valence electrons. The van der Waals surface area contributed by atoms with E-state index in [2.05, 4.69) is 5.32 Å². The molecule has 47 heavy (non-hydrogen) atoms. The SMILES string of the molecule is CC[C@H](C)NC(=O)[C@H](Cc1ccccc1)N(Cc1ccccc1C)C(=O)CN(c1ccccc1OC)S(=O)(=O)c1ccc(OC)cc1. The van der Waals surface area contributed by atoms with Gasteiger partial charge in [0.2, 0.25) is 11.8 Å². The predicted molar refractivity (Wildman–Crippen MR) is 184 cm³/mol. The van der Waals surface area contributed by atoms with Crippen LogP contribution in [0.1, 0.15) is 37.0 Å². The summed E-state index contributed by atoms with van der Waals surface area (Å²) in [7, 11) is -1.36. The van der Waals surface area contributed by atoms with Gasteiger partial charge in [-0.3, -0.25) is 13.9 Å². The molecule has 4 aromatic carbocycles. The minimum Gasteiger partial charge on any atom is -0.497 e. The minimum atomic E-state index is -4.30. The van der Waals surface area contributed by atoms with Gasteiger partial charge in [-0.25, -0.2) is 8.42 Å². The van der Waals surface area contributed by atoms with E-state index >= 15 is 0 Å². The van der Waals surface area contributed by atoms with Gasteiger partial charge in [-0.1, -0.05) is 73.7 Å². The maximum absolute atomic E-state index is 14.7. The fraction of sp³-hybridized carbons (Fsp3) is 0.297. The summed E-state index contributed by atoms with van der Waals surface area (Å²) >= 11 is 0. The van der Waals surface area contributed by atoms with E-state index in [1.807, 2.05) is 75.4 Å². The van der Waals surface area contributed by atoms with Crippen LogP contribution in [0.2, 0.25) is 0 Å². The Hall–Kier alpha value is -4.83. The van der Waals surface area contributed by atoms with Gasteiger partial charge in [-0.05, 0) is 73.4 Å². The van der Waals surface area contributed by atoms with E-state index in [1.165, 1.54) is 31.3 Å². The molecule has 0 fully saturated rings. The van der Waals surface area contributed by atoms with Gasteiger partial charge in [0.1, 0.15) is 24.1 Å². The number of anilines is 1. The summed E-state index contributed by atoms with van der Waals surface area (Å²) in [6.45, 7) is 5.35. The molecule has 9 nitrogen and oxygen atoms in total. The number of rotatable bonds is 15. The molecule has 0 radical (unpaired) electrons. The van der Waals surface area contributed by atoms with Crippen molar-refractivity contribution in [2.75, 3.05) is 25.1 Å². The molecule has 2 amide bonds. The number of ether oxygens (including phenoxy) is 2. The molecule has 2 atom stereocenters. The number of para-hydroxylation sites is 2. The number of methoxy groups -OCH3 is 2. The van der Waals surface area contributed by atoms with Crippen molar-refractivity contribution in [1.82, 2.24) is 10.2 Å². The van der Waals surface area contributed by atoms with Crippen LogP contribution in [0.15, 0.2) is 108 Å². The molecule has 4 aromatic rings. The first-order chi connectivity index (χ1) is 22.6. The van der Waals surface area contributed by atoms with Gasteiger partial charge in [-0.2, -0.15) is 0 Å². The van der Waals surface area contributed by atoms with Crippen molar-refractivity contribution in [2.24, 2.45) is 0 Å². The summed E-state index contributed by atoms with van der Waals surface area (Å²) in [4.78, 5) is 30.2. The van der Waals surface area contributed by atoms with Crippen molar-refractivity contribution in [3.05, 3.63) is 120 Å². The molecule has 0 unspecified atom stereocenters. The van der Waals surface area contributed by atoms with Crippen molar-refractivity contribution >= 4 is 27.5 Å². The lowest BCUT2D eigenvalue weighted by atomic mass is 10.0. The predicted octanol–water partition coefficient (Wildman–Crippen LogP) is 5.76. The number of sulfonamides is 1. The first kappa shape index (κ1) is 35.0. The van der Waals surface area contributed by atoms with Crippen LogP contribution in [0.3, 0.4) is 0 Å². The zero-order chi connectivity index (χ0) is 34.0. The van der Waals surface area contributed by atoms with Gasteiger partial charge in [0.05, 0.1) is 24.8 Å². The van der Waals surface area contributed by atoms with Gasteiger partial charge in [0.25, 0.3) is 10.0 Å². The Morgan fingerprint density at radius 2 is 1.47 bits per heavy atom. The number of carbonyl (C=O) groups is 2. The number of benzene rings is 4. The van der Waals surface area contributed by atoms with Gasteiger partial charge in [-0.15, -0.1) is 0 Å². The first-order valence-electron chi connectivity index (χ1n) is 15.6. The summed E-state index contributed by atoms with van der Waals surface area (Å²) in [5, 5.41) is 3.06. The summed E-state index contributed by atoms with van der Waals surface area (Å²) in [5.74, 6) is -0.0917. The van der Waals surface area contributed by atoms with E-state index in [0.29, 0.717) is 12.2 Å². The van der Waals surface area contributed by atoms with E-state index in [0.717, 1.165) is 21.0 Å². The summed E-state index contributed by atoms with van der Waals surface area (Å²) < 4.78 is 40.5. The fourth-order valence-electron chi connectivity index (χ4n) is 5.19. The lowest BCUT2D eigenvalue weighted by molar-refractivity contribution is -0.140. The molecule has 0 saturated heterocycles. The number of aryl methyl sites for hydroxylation is 1. The molecular weight excluding hydrogens is 614 g/mol. The van der Waals surface area contributed by atoms with E-state index < -0.39 is 28.5 Å². The molecule has 0 saturated carbocycles. The monoisotopic (exact) mass is 657 g/mol. The second kappa shape index (κ2) is 16.1. The highest BCUT2D eigenvalue weighted by Crippen LogP contribution is 2.33. The van der Waals surface area contributed by atoms with Crippen LogP contribution < -0.4 is 19.1 Å². The molecule has 4 rings (SSSR count). The Morgan fingerprint density at radius 1 is 0.830 bits per heavy atom.